The fourth-order valence-electron chi connectivity index (χ4n) is 2.89. The highest BCUT2D eigenvalue weighted by atomic mass is 16.3. The number of fused-ring (bicyclic) bond motifs is 1. The first kappa shape index (κ1) is 13.7. The lowest BCUT2D eigenvalue weighted by atomic mass is 10.1. The van der Waals surface area contributed by atoms with Gasteiger partial charge in [-0.15, -0.1) is 10.2 Å². The van der Waals surface area contributed by atoms with Gasteiger partial charge in [0.25, 0.3) is 0 Å². The van der Waals surface area contributed by atoms with E-state index in [1.54, 1.807) is 12.7 Å². The van der Waals surface area contributed by atoms with Crippen LogP contribution in [0.2, 0.25) is 0 Å². The highest BCUT2D eigenvalue weighted by molar-refractivity contribution is 5.81. The molecule has 0 saturated carbocycles. The monoisotopic (exact) mass is 304 g/mol. The molecule has 0 radical (unpaired) electrons. The van der Waals surface area contributed by atoms with Gasteiger partial charge >= 0.3 is 0 Å². The zero-order chi connectivity index (χ0) is 16.0. The molecule has 0 aliphatic carbocycles. The molecule has 4 aromatic rings. The van der Waals surface area contributed by atoms with Gasteiger partial charge in [-0.25, -0.2) is 4.98 Å². The van der Waals surface area contributed by atoms with Crippen molar-refractivity contribution in [1.82, 2.24) is 19.7 Å². The van der Waals surface area contributed by atoms with E-state index in [2.05, 4.69) is 47.2 Å². The summed E-state index contributed by atoms with van der Waals surface area (Å²) >= 11 is 0. The average Bonchev–Trinajstić information content (AvgIpc) is 3.15. The van der Waals surface area contributed by atoms with E-state index in [-0.39, 0.29) is 0 Å². The van der Waals surface area contributed by atoms with Crippen molar-refractivity contribution < 1.29 is 4.42 Å². The van der Waals surface area contributed by atoms with Crippen molar-refractivity contribution >= 4 is 11.1 Å². The van der Waals surface area contributed by atoms with Gasteiger partial charge in [0.05, 0.1) is 5.69 Å². The Morgan fingerprint density at radius 3 is 2.26 bits per heavy atom. The highest BCUT2D eigenvalue weighted by Gasteiger charge is 2.13. The molecule has 0 bridgehead atoms. The Morgan fingerprint density at radius 1 is 0.870 bits per heavy atom. The second-order valence-electron chi connectivity index (χ2n) is 5.88. The average molecular weight is 304 g/mol. The van der Waals surface area contributed by atoms with E-state index in [9.17, 15) is 0 Å². The predicted molar refractivity (Wildman–Crippen MR) is 88.6 cm³/mol. The zero-order valence-corrected chi connectivity index (χ0v) is 13.2. The first-order valence-electron chi connectivity index (χ1n) is 7.45. The van der Waals surface area contributed by atoms with Gasteiger partial charge in [-0.3, -0.25) is 4.57 Å². The van der Waals surface area contributed by atoms with Crippen molar-refractivity contribution in [2.24, 2.45) is 0 Å². The van der Waals surface area contributed by atoms with Crippen molar-refractivity contribution in [2.45, 2.75) is 20.8 Å². The van der Waals surface area contributed by atoms with Crippen LogP contribution in [0.15, 0.2) is 47.4 Å². The van der Waals surface area contributed by atoms with Crippen molar-refractivity contribution in [3.8, 4) is 17.1 Å². The number of aromatic nitrogens is 4. The predicted octanol–water partition coefficient (Wildman–Crippen LogP) is 4.00. The third kappa shape index (κ3) is 2.40. The molecule has 2 aromatic carbocycles. The molecule has 0 amide bonds. The molecule has 0 saturated heterocycles. The Balaban J connectivity index is 1.89. The molecule has 0 unspecified atom stereocenters. The number of rotatable bonds is 2. The molecule has 0 spiro atoms. The van der Waals surface area contributed by atoms with Crippen LogP contribution in [0.3, 0.4) is 0 Å². The summed E-state index contributed by atoms with van der Waals surface area (Å²) in [6, 6.07) is 10.4. The zero-order valence-electron chi connectivity index (χ0n) is 13.2. The largest absolute Gasteiger partial charge is 0.436 e. The maximum atomic E-state index is 6.02. The van der Waals surface area contributed by atoms with E-state index < -0.39 is 0 Å². The molecule has 2 heterocycles. The van der Waals surface area contributed by atoms with Crippen LogP contribution in [0.25, 0.3) is 28.2 Å². The topological polar surface area (TPSA) is 56.7 Å². The third-order valence-electron chi connectivity index (χ3n) is 3.85. The Labute approximate surface area is 133 Å². The number of nitrogens with zero attached hydrogens (tertiary/aromatic N) is 4. The van der Waals surface area contributed by atoms with Crippen molar-refractivity contribution in [2.75, 3.05) is 0 Å². The molecular formula is C18H16N4O. The Morgan fingerprint density at radius 2 is 1.57 bits per heavy atom. The van der Waals surface area contributed by atoms with Crippen molar-refractivity contribution in [1.29, 1.82) is 0 Å². The van der Waals surface area contributed by atoms with Gasteiger partial charge in [-0.1, -0.05) is 17.2 Å². The summed E-state index contributed by atoms with van der Waals surface area (Å²) in [5.74, 6) is 0.649. The van der Waals surface area contributed by atoms with Crippen LogP contribution in [0.4, 0.5) is 0 Å². The highest BCUT2D eigenvalue weighted by Crippen LogP contribution is 2.29. The molecule has 0 fully saturated rings. The molecule has 5 nitrogen and oxygen atoms in total. The van der Waals surface area contributed by atoms with Crippen LogP contribution in [-0.2, 0) is 0 Å². The molecule has 23 heavy (non-hydrogen) atoms. The molecule has 114 valence electrons. The first-order chi connectivity index (χ1) is 11.1. The fraction of sp³-hybridized carbons (Fsp3) is 0.167. The van der Waals surface area contributed by atoms with Gasteiger partial charge in [0.1, 0.15) is 18.2 Å². The lowest BCUT2D eigenvalue weighted by Gasteiger charge is -2.02. The molecule has 0 atom stereocenters. The first-order valence-corrected chi connectivity index (χ1v) is 7.45. The maximum absolute atomic E-state index is 6.02. The summed E-state index contributed by atoms with van der Waals surface area (Å²) in [6.07, 6.45) is 3.34. The number of hydrogen-bond donors (Lipinski definition) is 0. The quantitative estimate of drug-likeness (QED) is 0.561. The summed E-state index contributed by atoms with van der Waals surface area (Å²) in [7, 11) is 0. The SMILES string of the molecule is Cc1cc(C)cc(-c2nc3cc(-n4cnnc4)cc(C)c3o2)c1. The molecule has 0 N–H and O–H groups in total. The van der Waals surface area contributed by atoms with Crippen LogP contribution >= 0.6 is 0 Å². The van der Waals surface area contributed by atoms with Crippen LogP contribution in [-0.4, -0.2) is 19.7 Å². The lowest BCUT2D eigenvalue weighted by molar-refractivity contribution is 0.617. The summed E-state index contributed by atoms with van der Waals surface area (Å²) in [5.41, 5.74) is 7.06. The van der Waals surface area contributed by atoms with E-state index in [0.717, 1.165) is 27.9 Å². The van der Waals surface area contributed by atoms with E-state index in [4.69, 9.17) is 4.42 Å². The maximum Gasteiger partial charge on any atom is 0.227 e. The van der Waals surface area contributed by atoms with E-state index in [0.29, 0.717) is 5.89 Å². The molecule has 5 heteroatoms. The smallest absolute Gasteiger partial charge is 0.227 e. The van der Waals surface area contributed by atoms with Crippen molar-refractivity contribution in [3.05, 3.63) is 59.7 Å². The summed E-state index contributed by atoms with van der Waals surface area (Å²) < 4.78 is 7.87. The minimum Gasteiger partial charge on any atom is -0.436 e. The van der Waals surface area contributed by atoms with Gasteiger partial charge in [0.15, 0.2) is 5.58 Å². The van der Waals surface area contributed by atoms with E-state index >= 15 is 0 Å². The van der Waals surface area contributed by atoms with Gasteiger partial charge in [0.2, 0.25) is 5.89 Å². The van der Waals surface area contributed by atoms with Crippen LogP contribution in [0.5, 0.6) is 0 Å². The van der Waals surface area contributed by atoms with Crippen LogP contribution in [0.1, 0.15) is 16.7 Å². The van der Waals surface area contributed by atoms with E-state index in [1.165, 1.54) is 11.1 Å². The Bertz CT molecular complexity index is 979. The molecule has 2 aromatic heterocycles. The fourth-order valence-corrected chi connectivity index (χ4v) is 2.89. The molecular weight excluding hydrogens is 288 g/mol. The number of oxazole rings is 1. The second kappa shape index (κ2) is 5.05. The number of aryl methyl sites for hydroxylation is 3. The van der Waals surface area contributed by atoms with E-state index in [1.807, 2.05) is 23.6 Å². The minimum absolute atomic E-state index is 0.649. The summed E-state index contributed by atoms with van der Waals surface area (Å²) in [6.45, 7) is 6.18. The van der Waals surface area contributed by atoms with Crippen LogP contribution < -0.4 is 0 Å². The molecule has 4 rings (SSSR count). The summed E-state index contributed by atoms with van der Waals surface area (Å²) in [4.78, 5) is 4.68. The standard InChI is InChI=1S/C18H16N4O/c1-11-4-12(2)6-14(5-11)18-21-16-8-15(22-9-19-20-10-22)7-13(3)17(16)23-18/h4-10H,1-3H3. The summed E-state index contributed by atoms with van der Waals surface area (Å²) in [5, 5.41) is 7.70. The normalized spacial score (nSPS) is 11.3. The second-order valence-corrected chi connectivity index (χ2v) is 5.88. The lowest BCUT2D eigenvalue weighted by Crippen LogP contribution is -1.91. The Kier molecular flexibility index (Phi) is 3.01. The molecule has 0 aliphatic rings. The van der Waals surface area contributed by atoms with Gasteiger partial charge in [-0.05, 0) is 50.6 Å². The Hall–Kier alpha value is -2.95. The van der Waals surface area contributed by atoms with Gasteiger partial charge in [-0.2, -0.15) is 0 Å². The van der Waals surface area contributed by atoms with Gasteiger partial charge < -0.3 is 4.42 Å². The number of benzene rings is 2. The minimum atomic E-state index is 0.649. The van der Waals surface area contributed by atoms with Crippen LogP contribution in [0, 0.1) is 20.8 Å². The number of hydrogen-bond acceptors (Lipinski definition) is 4. The van der Waals surface area contributed by atoms with Crippen molar-refractivity contribution in [3.63, 3.8) is 0 Å². The van der Waals surface area contributed by atoms with Gasteiger partial charge in [0, 0.05) is 5.56 Å². The molecule has 0 aliphatic heterocycles. The third-order valence-corrected chi connectivity index (χ3v) is 3.85.